The minimum absolute atomic E-state index is 0.0253. The van der Waals surface area contributed by atoms with Crippen molar-refractivity contribution >= 4 is 17.5 Å². The number of fused-ring (bicyclic) bond motifs is 2. The van der Waals surface area contributed by atoms with E-state index in [1.807, 2.05) is 19.9 Å². The average Bonchev–Trinajstić information content (AvgIpc) is 2.91. The molecule has 0 amide bonds. The van der Waals surface area contributed by atoms with Gasteiger partial charge >= 0.3 is 5.97 Å². The molecule has 4 aliphatic carbocycles. The molecule has 1 saturated heterocycles. The lowest BCUT2D eigenvalue weighted by atomic mass is 9.39. The van der Waals surface area contributed by atoms with Gasteiger partial charge in [-0.3, -0.25) is 14.4 Å². The molecule has 0 aromatic rings. The van der Waals surface area contributed by atoms with Gasteiger partial charge in [-0.1, -0.05) is 19.9 Å². The predicted octanol–water partition coefficient (Wildman–Crippen LogP) is 3.63. The van der Waals surface area contributed by atoms with Crippen molar-refractivity contribution in [3.05, 3.63) is 12.2 Å². The predicted molar refractivity (Wildman–Crippen MR) is 95.1 cm³/mol. The molecular formula is C22H28O4. The third-order valence-corrected chi connectivity index (χ3v) is 9.68. The standard InChI is InChI=1S/C22H28O4/c1-18(2)15(23)6-5-14-21-12-11-20(4)16(24)8-9-19(20,3)13(21)7-10-22(14,18)26-17(21)25/h7,10,13-14H,5-6,8-9,11-12H2,1-4H3. The molecule has 1 aliphatic heterocycles. The van der Waals surface area contributed by atoms with E-state index in [0.717, 1.165) is 19.3 Å². The Morgan fingerprint density at radius 2 is 1.69 bits per heavy atom. The Labute approximate surface area is 154 Å². The molecule has 0 aromatic carbocycles. The van der Waals surface area contributed by atoms with Crippen LogP contribution in [-0.2, 0) is 19.1 Å². The third kappa shape index (κ3) is 1.37. The largest absolute Gasteiger partial charge is 0.453 e. The summed E-state index contributed by atoms with van der Waals surface area (Å²) in [6, 6.07) is 0. The van der Waals surface area contributed by atoms with Gasteiger partial charge in [-0.2, -0.15) is 0 Å². The third-order valence-electron chi connectivity index (χ3n) is 9.68. The van der Waals surface area contributed by atoms with Gasteiger partial charge in [0.2, 0.25) is 0 Å². The summed E-state index contributed by atoms with van der Waals surface area (Å²) in [5.41, 5.74) is -2.62. The molecule has 2 bridgehead atoms. The maximum absolute atomic E-state index is 13.4. The summed E-state index contributed by atoms with van der Waals surface area (Å²) >= 11 is 0. The molecule has 5 aliphatic rings. The van der Waals surface area contributed by atoms with Crippen molar-refractivity contribution in [2.45, 2.75) is 71.8 Å². The van der Waals surface area contributed by atoms with Crippen LogP contribution in [0.25, 0.3) is 0 Å². The van der Waals surface area contributed by atoms with Gasteiger partial charge in [0.15, 0.2) is 0 Å². The van der Waals surface area contributed by atoms with Gasteiger partial charge in [0.05, 0.1) is 10.8 Å². The van der Waals surface area contributed by atoms with Crippen LogP contribution >= 0.6 is 0 Å². The minimum Gasteiger partial charge on any atom is -0.453 e. The molecule has 0 aromatic heterocycles. The van der Waals surface area contributed by atoms with Crippen molar-refractivity contribution in [2.75, 3.05) is 0 Å². The average molecular weight is 356 g/mol. The Hall–Kier alpha value is -1.45. The molecule has 1 spiro atoms. The number of Topliss-reactive ketones (excluding diaryl/α,β-unsaturated/α-hetero) is 2. The van der Waals surface area contributed by atoms with Crippen LogP contribution in [-0.4, -0.2) is 23.1 Å². The first-order valence-corrected chi connectivity index (χ1v) is 10.1. The molecule has 4 heteroatoms. The van der Waals surface area contributed by atoms with E-state index in [1.54, 1.807) is 0 Å². The highest BCUT2D eigenvalue weighted by Gasteiger charge is 2.79. The van der Waals surface area contributed by atoms with Crippen LogP contribution in [0.3, 0.4) is 0 Å². The minimum atomic E-state index is -0.803. The molecule has 4 fully saturated rings. The fourth-order valence-electron chi connectivity index (χ4n) is 7.64. The summed E-state index contributed by atoms with van der Waals surface area (Å²) in [7, 11) is 0. The lowest BCUT2D eigenvalue weighted by molar-refractivity contribution is -0.166. The summed E-state index contributed by atoms with van der Waals surface area (Å²) in [5.74, 6) is 0.484. The Balaban J connectivity index is 1.74. The summed E-state index contributed by atoms with van der Waals surface area (Å²) in [4.78, 5) is 38.9. The Morgan fingerprint density at radius 3 is 2.42 bits per heavy atom. The van der Waals surface area contributed by atoms with Gasteiger partial charge in [0.25, 0.3) is 0 Å². The van der Waals surface area contributed by atoms with Gasteiger partial charge in [0, 0.05) is 24.2 Å². The highest BCUT2D eigenvalue weighted by atomic mass is 16.6. The number of carbonyl (C=O) groups is 3. The lowest BCUT2D eigenvalue weighted by Crippen LogP contribution is -2.64. The zero-order chi connectivity index (χ0) is 18.8. The van der Waals surface area contributed by atoms with Gasteiger partial charge < -0.3 is 4.74 Å². The van der Waals surface area contributed by atoms with Crippen LogP contribution in [0.5, 0.6) is 0 Å². The smallest absolute Gasteiger partial charge is 0.314 e. The molecule has 4 nitrogen and oxygen atoms in total. The molecule has 0 N–H and O–H groups in total. The van der Waals surface area contributed by atoms with E-state index >= 15 is 0 Å². The van der Waals surface area contributed by atoms with Crippen molar-refractivity contribution in [2.24, 2.45) is 33.5 Å². The number of hydrogen-bond acceptors (Lipinski definition) is 4. The number of ether oxygens (including phenoxy) is 1. The van der Waals surface area contributed by atoms with Crippen LogP contribution in [0, 0.1) is 33.5 Å². The van der Waals surface area contributed by atoms with E-state index in [9.17, 15) is 14.4 Å². The molecule has 6 atom stereocenters. The van der Waals surface area contributed by atoms with Crippen molar-refractivity contribution in [1.29, 1.82) is 0 Å². The first kappa shape index (κ1) is 16.7. The molecule has 3 saturated carbocycles. The van der Waals surface area contributed by atoms with Crippen molar-refractivity contribution in [3.63, 3.8) is 0 Å². The zero-order valence-corrected chi connectivity index (χ0v) is 16.2. The molecule has 140 valence electrons. The first-order chi connectivity index (χ1) is 12.1. The van der Waals surface area contributed by atoms with Gasteiger partial charge in [-0.05, 0) is 56.9 Å². The van der Waals surface area contributed by atoms with Crippen LogP contribution in [0.2, 0.25) is 0 Å². The first-order valence-electron chi connectivity index (χ1n) is 10.1. The summed E-state index contributed by atoms with van der Waals surface area (Å²) in [5, 5.41) is 0. The number of allylic oxidation sites excluding steroid dienone is 1. The fourth-order valence-corrected chi connectivity index (χ4v) is 7.64. The summed E-state index contributed by atoms with van der Waals surface area (Å²) < 4.78 is 6.14. The van der Waals surface area contributed by atoms with E-state index in [0.29, 0.717) is 25.0 Å². The number of rotatable bonds is 0. The SMILES string of the molecule is CC1(C)C(=O)CCC2C34CCC5(C)C(=O)CCC5(C)C3C=CC21OC4=O. The molecule has 0 radical (unpaired) electrons. The van der Waals surface area contributed by atoms with Gasteiger partial charge in [-0.15, -0.1) is 0 Å². The maximum atomic E-state index is 13.4. The Morgan fingerprint density at radius 1 is 0.962 bits per heavy atom. The van der Waals surface area contributed by atoms with E-state index < -0.39 is 16.4 Å². The number of ketones is 2. The normalized spacial score (nSPS) is 53.8. The molecule has 1 heterocycles. The van der Waals surface area contributed by atoms with E-state index in [1.165, 1.54) is 0 Å². The lowest BCUT2D eigenvalue weighted by Gasteiger charge is -2.60. The van der Waals surface area contributed by atoms with Crippen molar-refractivity contribution in [3.8, 4) is 0 Å². The maximum Gasteiger partial charge on any atom is 0.314 e. The number of esters is 1. The topological polar surface area (TPSA) is 60.4 Å². The monoisotopic (exact) mass is 356 g/mol. The molecule has 26 heavy (non-hydrogen) atoms. The second-order valence-corrected chi connectivity index (χ2v) is 10.4. The Bertz CT molecular complexity index is 794. The van der Waals surface area contributed by atoms with Gasteiger partial charge in [0.1, 0.15) is 17.2 Å². The van der Waals surface area contributed by atoms with Crippen molar-refractivity contribution < 1.29 is 19.1 Å². The summed E-state index contributed by atoms with van der Waals surface area (Å²) in [6.45, 7) is 8.20. The number of hydrogen-bond donors (Lipinski definition) is 0. The quantitative estimate of drug-likeness (QED) is 0.491. The summed E-state index contributed by atoms with van der Waals surface area (Å²) in [6.07, 6.45) is 8.36. The second kappa shape index (κ2) is 4.34. The van der Waals surface area contributed by atoms with Gasteiger partial charge in [-0.25, -0.2) is 0 Å². The molecule has 6 unspecified atom stereocenters. The highest BCUT2D eigenvalue weighted by Crippen LogP contribution is 2.75. The fraction of sp³-hybridized carbons (Fsp3) is 0.773. The zero-order valence-electron chi connectivity index (χ0n) is 16.2. The van der Waals surface area contributed by atoms with Crippen molar-refractivity contribution in [1.82, 2.24) is 0 Å². The van der Waals surface area contributed by atoms with Crippen LogP contribution in [0.4, 0.5) is 0 Å². The van der Waals surface area contributed by atoms with E-state index in [4.69, 9.17) is 4.74 Å². The Kier molecular flexibility index (Phi) is 2.79. The number of carbonyl (C=O) groups excluding carboxylic acids is 3. The van der Waals surface area contributed by atoms with Crippen LogP contribution in [0.15, 0.2) is 12.2 Å². The van der Waals surface area contributed by atoms with Crippen LogP contribution < -0.4 is 0 Å². The van der Waals surface area contributed by atoms with E-state index in [2.05, 4.69) is 19.9 Å². The second-order valence-electron chi connectivity index (χ2n) is 10.4. The highest BCUT2D eigenvalue weighted by molar-refractivity contribution is 5.93. The molecule has 5 rings (SSSR count). The van der Waals surface area contributed by atoms with E-state index in [-0.39, 0.29) is 34.4 Å². The molecular weight excluding hydrogens is 328 g/mol. The van der Waals surface area contributed by atoms with Crippen LogP contribution in [0.1, 0.15) is 66.2 Å².